The smallest absolute Gasteiger partial charge is 0.227 e. The molecule has 0 aromatic heterocycles. The number of anilines is 1. The summed E-state index contributed by atoms with van der Waals surface area (Å²) in [7, 11) is 3.22. The van der Waals surface area contributed by atoms with Gasteiger partial charge < -0.3 is 19.7 Å². The van der Waals surface area contributed by atoms with Crippen LogP contribution in [0.25, 0.3) is 0 Å². The molecule has 0 aliphatic carbocycles. The van der Waals surface area contributed by atoms with Crippen molar-refractivity contribution in [3.05, 3.63) is 90.0 Å². The van der Waals surface area contributed by atoms with Gasteiger partial charge in [0, 0.05) is 18.7 Å². The molecular formula is C27H28N2O4. The second kappa shape index (κ2) is 10.2. The maximum absolute atomic E-state index is 13.4. The fourth-order valence-corrected chi connectivity index (χ4v) is 4.31. The van der Waals surface area contributed by atoms with Crippen LogP contribution in [0.4, 0.5) is 5.69 Å². The quantitative estimate of drug-likeness (QED) is 0.583. The molecule has 0 spiro atoms. The number of benzene rings is 3. The highest BCUT2D eigenvalue weighted by atomic mass is 16.5. The summed E-state index contributed by atoms with van der Waals surface area (Å²) in [5.74, 6) is 0.976. The minimum atomic E-state index is -0.429. The van der Waals surface area contributed by atoms with Gasteiger partial charge in [-0.25, -0.2) is 0 Å². The van der Waals surface area contributed by atoms with E-state index in [1.807, 2.05) is 78.9 Å². The number of ether oxygens (including phenoxy) is 2. The van der Waals surface area contributed by atoms with Crippen molar-refractivity contribution in [2.24, 2.45) is 5.92 Å². The predicted octanol–water partition coefficient (Wildman–Crippen LogP) is 4.50. The Bertz CT molecular complexity index is 1080. The Hall–Kier alpha value is -3.80. The van der Waals surface area contributed by atoms with E-state index in [1.54, 1.807) is 19.1 Å². The monoisotopic (exact) mass is 444 g/mol. The van der Waals surface area contributed by atoms with Gasteiger partial charge in [-0.3, -0.25) is 9.59 Å². The van der Waals surface area contributed by atoms with Crippen molar-refractivity contribution >= 4 is 17.5 Å². The molecule has 4 rings (SSSR count). The highest BCUT2D eigenvalue weighted by Crippen LogP contribution is 2.41. The number of rotatable bonds is 7. The number of carbonyl (C=O) groups is 2. The molecular weight excluding hydrogens is 416 g/mol. The van der Waals surface area contributed by atoms with Crippen LogP contribution in [0.5, 0.6) is 11.5 Å². The summed E-state index contributed by atoms with van der Waals surface area (Å²) < 4.78 is 10.6. The van der Waals surface area contributed by atoms with Crippen LogP contribution in [0, 0.1) is 5.92 Å². The lowest BCUT2D eigenvalue weighted by molar-refractivity contribution is -0.129. The number of nitrogens with zero attached hydrogens (tertiary/aromatic N) is 1. The van der Waals surface area contributed by atoms with Gasteiger partial charge in [-0.05, 0) is 53.9 Å². The van der Waals surface area contributed by atoms with Crippen molar-refractivity contribution in [2.75, 3.05) is 19.1 Å². The molecule has 3 aromatic rings. The van der Waals surface area contributed by atoms with Crippen LogP contribution in [0.2, 0.25) is 0 Å². The van der Waals surface area contributed by atoms with Gasteiger partial charge in [-0.2, -0.15) is 0 Å². The second-order valence-corrected chi connectivity index (χ2v) is 8.03. The van der Waals surface area contributed by atoms with E-state index < -0.39 is 6.04 Å². The molecule has 0 radical (unpaired) electrons. The van der Waals surface area contributed by atoms with Crippen molar-refractivity contribution in [1.82, 2.24) is 5.32 Å². The first-order valence-corrected chi connectivity index (χ1v) is 11.0. The minimum Gasteiger partial charge on any atom is -0.497 e. The van der Waals surface area contributed by atoms with E-state index >= 15 is 0 Å². The molecule has 3 aromatic carbocycles. The predicted molar refractivity (Wildman–Crippen MR) is 127 cm³/mol. The highest BCUT2D eigenvalue weighted by molar-refractivity contribution is 5.97. The van der Waals surface area contributed by atoms with Crippen LogP contribution in [0.1, 0.15) is 30.0 Å². The number of hydrogen-bond acceptors (Lipinski definition) is 4. The van der Waals surface area contributed by atoms with Crippen molar-refractivity contribution < 1.29 is 19.1 Å². The van der Waals surface area contributed by atoms with E-state index in [4.69, 9.17) is 9.47 Å². The standard InChI is InChI=1S/C27H28N2O4/c1-32-22-12-8-20(9-13-22)26-24(27(31)28-18-19-6-4-3-5-7-19)16-17-25(30)29(26)21-10-14-23(33-2)15-11-21/h3-15,24,26H,16-18H2,1-2H3,(H,28,31). The third-order valence-corrected chi connectivity index (χ3v) is 6.05. The van der Waals surface area contributed by atoms with Crippen molar-refractivity contribution in [2.45, 2.75) is 25.4 Å². The summed E-state index contributed by atoms with van der Waals surface area (Å²) in [5, 5.41) is 3.07. The van der Waals surface area contributed by atoms with Gasteiger partial charge in [-0.15, -0.1) is 0 Å². The number of carbonyl (C=O) groups excluding carboxylic acids is 2. The molecule has 170 valence electrons. The Labute approximate surface area is 194 Å². The van der Waals surface area contributed by atoms with Gasteiger partial charge in [-0.1, -0.05) is 42.5 Å². The van der Waals surface area contributed by atoms with Gasteiger partial charge in [0.25, 0.3) is 0 Å². The zero-order valence-corrected chi connectivity index (χ0v) is 18.9. The first kappa shape index (κ1) is 22.4. The first-order chi connectivity index (χ1) is 16.1. The summed E-state index contributed by atoms with van der Waals surface area (Å²) in [5.41, 5.74) is 2.66. The van der Waals surface area contributed by atoms with Gasteiger partial charge in [0.15, 0.2) is 0 Å². The van der Waals surface area contributed by atoms with Gasteiger partial charge >= 0.3 is 0 Å². The first-order valence-electron chi connectivity index (χ1n) is 11.0. The van der Waals surface area contributed by atoms with Crippen LogP contribution in [0.15, 0.2) is 78.9 Å². The summed E-state index contributed by atoms with van der Waals surface area (Å²) in [4.78, 5) is 28.3. The van der Waals surface area contributed by atoms with Crippen LogP contribution in [0.3, 0.4) is 0 Å². The number of methoxy groups -OCH3 is 2. The zero-order valence-electron chi connectivity index (χ0n) is 18.9. The molecule has 2 unspecified atom stereocenters. The van der Waals surface area contributed by atoms with E-state index in [2.05, 4.69) is 5.32 Å². The Kier molecular flexibility index (Phi) is 6.93. The molecule has 33 heavy (non-hydrogen) atoms. The maximum atomic E-state index is 13.4. The van der Waals surface area contributed by atoms with Crippen LogP contribution >= 0.6 is 0 Å². The van der Waals surface area contributed by atoms with Crippen molar-refractivity contribution in [1.29, 1.82) is 0 Å². The SMILES string of the molecule is COc1ccc(C2C(C(=O)NCc3ccccc3)CCC(=O)N2c2ccc(OC)cc2)cc1. The van der Waals surface area contributed by atoms with Crippen LogP contribution < -0.4 is 19.7 Å². The Morgan fingerprint density at radius 3 is 2.12 bits per heavy atom. The normalized spacial score (nSPS) is 18.0. The number of nitrogens with one attached hydrogen (secondary N) is 1. The van der Waals surface area contributed by atoms with E-state index in [9.17, 15) is 9.59 Å². The lowest BCUT2D eigenvalue weighted by Crippen LogP contribution is -2.48. The minimum absolute atomic E-state index is 0.00639. The average molecular weight is 445 g/mol. The van der Waals surface area contributed by atoms with Crippen LogP contribution in [-0.2, 0) is 16.1 Å². The largest absolute Gasteiger partial charge is 0.497 e. The van der Waals surface area contributed by atoms with E-state index in [0.717, 1.165) is 22.6 Å². The Morgan fingerprint density at radius 2 is 1.52 bits per heavy atom. The molecule has 2 atom stereocenters. The molecule has 0 saturated carbocycles. The second-order valence-electron chi connectivity index (χ2n) is 8.03. The third kappa shape index (κ3) is 5.00. The molecule has 2 amide bonds. The van der Waals surface area contributed by atoms with E-state index in [0.29, 0.717) is 25.1 Å². The van der Waals surface area contributed by atoms with Crippen LogP contribution in [-0.4, -0.2) is 26.0 Å². The molecule has 1 saturated heterocycles. The molecule has 6 nitrogen and oxygen atoms in total. The molecule has 0 bridgehead atoms. The van der Waals surface area contributed by atoms with Gasteiger partial charge in [0.1, 0.15) is 11.5 Å². The Morgan fingerprint density at radius 1 is 0.909 bits per heavy atom. The molecule has 1 N–H and O–H groups in total. The summed E-state index contributed by atoms with van der Waals surface area (Å²) >= 11 is 0. The number of hydrogen-bond donors (Lipinski definition) is 1. The fraction of sp³-hybridized carbons (Fsp3) is 0.259. The lowest BCUT2D eigenvalue weighted by atomic mass is 9.83. The molecule has 1 fully saturated rings. The third-order valence-electron chi connectivity index (χ3n) is 6.05. The fourth-order valence-electron chi connectivity index (χ4n) is 4.31. The number of piperidine rings is 1. The molecule has 1 aliphatic heterocycles. The summed E-state index contributed by atoms with van der Waals surface area (Å²) in [6, 6.07) is 24.3. The zero-order chi connectivity index (χ0) is 23.2. The topological polar surface area (TPSA) is 67.9 Å². The van der Waals surface area contributed by atoms with Gasteiger partial charge in [0.2, 0.25) is 11.8 Å². The van der Waals surface area contributed by atoms with Crippen molar-refractivity contribution in [3.8, 4) is 11.5 Å². The molecule has 6 heteroatoms. The summed E-state index contributed by atoms with van der Waals surface area (Å²) in [6.07, 6.45) is 0.797. The summed E-state index contributed by atoms with van der Waals surface area (Å²) in [6.45, 7) is 0.446. The maximum Gasteiger partial charge on any atom is 0.227 e. The number of amides is 2. The van der Waals surface area contributed by atoms with E-state index in [1.165, 1.54) is 0 Å². The average Bonchev–Trinajstić information content (AvgIpc) is 2.88. The lowest BCUT2D eigenvalue weighted by Gasteiger charge is -2.41. The van der Waals surface area contributed by atoms with Gasteiger partial charge in [0.05, 0.1) is 26.2 Å². The molecule has 1 heterocycles. The Balaban J connectivity index is 1.67. The van der Waals surface area contributed by atoms with E-state index in [-0.39, 0.29) is 17.7 Å². The van der Waals surface area contributed by atoms with Crippen molar-refractivity contribution in [3.63, 3.8) is 0 Å². The highest BCUT2D eigenvalue weighted by Gasteiger charge is 2.41. The molecule has 1 aliphatic rings.